The van der Waals surface area contributed by atoms with E-state index in [9.17, 15) is 0 Å². The number of aryl methyl sites for hydroxylation is 1. The Labute approximate surface area is 106 Å². The van der Waals surface area contributed by atoms with Gasteiger partial charge in [-0.2, -0.15) is 0 Å². The lowest BCUT2D eigenvalue weighted by molar-refractivity contribution is 0.873. The molecule has 0 aliphatic heterocycles. The maximum Gasteiger partial charge on any atom is 0.124 e. The van der Waals surface area contributed by atoms with Gasteiger partial charge >= 0.3 is 0 Å². The third-order valence-electron chi connectivity index (χ3n) is 2.28. The predicted molar refractivity (Wildman–Crippen MR) is 72.9 cm³/mol. The summed E-state index contributed by atoms with van der Waals surface area (Å²) in [6.07, 6.45) is 6.60. The normalized spacial score (nSPS) is 12.6. The average Bonchev–Trinajstić information content (AvgIpc) is 2.84. The molecule has 1 aromatic carbocycles. The van der Waals surface area contributed by atoms with Crippen LogP contribution in [0.5, 0.6) is 0 Å². The zero-order valence-corrected chi connectivity index (χ0v) is 10.6. The van der Waals surface area contributed by atoms with Crippen molar-refractivity contribution in [2.24, 2.45) is 0 Å². The van der Waals surface area contributed by atoms with E-state index in [4.69, 9.17) is 0 Å². The number of thioether (sulfide) groups is 1. The van der Waals surface area contributed by atoms with Gasteiger partial charge in [0.05, 0.1) is 6.33 Å². The summed E-state index contributed by atoms with van der Waals surface area (Å²) in [5.74, 6) is 1.07. The highest BCUT2D eigenvalue weighted by molar-refractivity contribution is 8.09. The van der Waals surface area contributed by atoms with Crippen molar-refractivity contribution in [2.45, 2.75) is 11.1 Å². The van der Waals surface area contributed by atoms with Crippen molar-refractivity contribution in [2.75, 3.05) is 5.75 Å². The molecule has 4 heteroatoms. The second kappa shape index (κ2) is 6.01. The van der Waals surface area contributed by atoms with Crippen molar-refractivity contribution in [1.29, 1.82) is 0 Å². The van der Waals surface area contributed by atoms with Gasteiger partial charge in [-0.3, -0.25) is 0 Å². The minimum atomic E-state index is 0.159. The maximum atomic E-state index is 4.52. The van der Waals surface area contributed by atoms with Crippen molar-refractivity contribution in [3.05, 3.63) is 54.6 Å². The number of hydrogen-bond donors (Lipinski definition) is 1. The lowest BCUT2D eigenvalue weighted by atomic mass is 10.2. The SMILES string of the molecule is SC(SCCc1ccccc1)n1ccnc1. The molecular weight excluding hydrogens is 236 g/mol. The summed E-state index contributed by atoms with van der Waals surface area (Å²) in [6.45, 7) is 0. The predicted octanol–water partition coefficient (Wildman–Crippen LogP) is 3.24. The molecule has 0 aliphatic carbocycles. The van der Waals surface area contributed by atoms with Crippen LogP contribution in [0.2, 0.25) is 0 Å². The molecule has 0 spiro atoms. The van der Waals surface area contributed by atoms with E-state index in [1.54, 1.807) is 12.5 Å². The molecule has 1 atom stereocenters. The third-order valence-corrected chi connectivity index (χ3v) is 3.98. The molecule has 0 N–H and O–H groups in total. The maximum absolute atomic E-state index is 4.52. The van der Waals surface area contributed by atoms with Crippen molar-refractivity contribution in [3.63, 3.8) is 0 Å². The summed E-state index contributed by atoms with van der Waals surface area (Å²) < 4.78 is 2.16. The summed E-state index contributed by atoms with van der Waals surface area (Å²) in [6, 6.07) is 10.5. The summed E-state index contributed by atoms with van der Waals surface area (Å²) in [7, 11) is 0. The van der Waals surface area contributed by atoms with Gasteiger partial charge < -0.3 is 4.57 Å². The fourth-order valence-corrected chi connectivity index (χ4v) is 2.73. The number of benzene rings is 1. The Balaban J connectivity index is 1.76. The summed E-state index contributed by atoms with van der Waals surface area (Å²) in [5, 5.41) is 0. The number of rotatable bonds is 5. The summed E-state index contributed by atoms with van der Waals surface area (Å²) >= 11 is 6.33. The lowest BCUT2D eigenvalue weighted by Gasteiger charge is -2.11. The molecule has 0 saturated carbocycles. The third kappa shape index (κ3) is 3.32. The van der Waals surface area contributed by atoms with E-state index in [0.717, 1.165) is 12.2 Å². The van der Waals surface area contributed by atoms with Crippen LogP contribution >= 0.6 is 24.4 Å². The molecule has 0 amide bonds. The molecule has 0 saturated heterocycles. The number of nitrogens with zero attached hydrogens (tertiary/aromatic N) is 2. The molecule has 0 aliphatic rings. The zero-order chi connectivity index (χ0) is 11.2. The van der Waals surface area contributed by atoms with Crippen LogP contribution in [-0.2, 0) is 6.42 Å². The number of aromatic nitrogens is 2. The topological polar surface area (TPSA) is 17.8 Å². The molecule has 2 rings (SSSR count). The molecule has 1 heterocycles. The second-order valence-electron chi connectivity index (χ2n) is 3.44. The van der Waals surface area contributed by atoms with Gasteiger partial charge in [0.1, 0.15) is 4.71 Å². The van der Waals surface area contributed by atoms with Crippen molar-refractivity contribution in [3.8, 4) is 0 Å². The Kier molecular flexibility index (Phi) is 4.36. The van der Waals surface area contributed by atoms with Crippen LogP contribution in [0.15, 0.2) is 49.1 Å². The Morgan fingerprint density at radius 3 is 2.81 bits per heavy atom. The first-order valence-electron chi connectivity index (χ1n) is 5.17. The minimum Gasteiger partial charge on any atom is -0.316 e. The minimum absolute atomic E-state index is 0.159. The molecule has 0 bridgehead atoms. The molecule has 84 valence electrons. The van der Waals surface area contributed by atoms with Gasteiger partial charge in [0.15, 0.2) is 0 Å². The smallest absolute Gasteiger partial charge is 0.124 e. The molecular formula is C12H14N2S2. The van der Waals surface area contributed by atoms with Gasteiger partial charge in [0.25, 0.3) is 0 Å². The van der Waals surface area contributed by atoms with Gasteiger partial charge in [-0.15, -0.1) is 24.4 Å². The van der Waals surface area contributed by atoms with Crippen LogP contribution in [0, 0.1) is 0 Å². The molecule has 2 nitrogen and oxygen atoms in total. The monoisotopic (exact) mass is 250 g/mol. The lowest BCUT2D eigenvalue weighted by Crippen LogP contribution is -1.97. The van der Waals surface area contributed by atoms with Crippen molar-refractivity contribution >= 4 is 24.4 Å². The molecule has 2 aromatic rings. The first kappa shape index (κ1) is 11.6. The highest BCUT2D eigenvalue weighted by Gasteiger charge is 2.04. The summed E-state index contributed by atoms with van der Waals surface area (Å²) in [4.78, 5) is 4.01. The van der Waals surface area contributed by atoms with Gasteiger partial charge in [0.2, 0.25) is 0 Å². The number of hydrogen-bond acceptors (Lipinski definition) is 3. The van der Waals surface area contributed by atoms with Gasteiger partial charge in [-0.1, -0.05) is 30.3 Å². The Morgan fingerprint density at radius 2 is 2.12 bits per heavy atom. The largest absolute Gasteiger partial charge is 0.316 e. The molecule has 0 fully saturated rings. The zero-order valence-electron chi connectivity index (χ0n) is 8.86. The van der Waals surface area contributed by atoms with Crippen molar-refractivity contribution < 1.29 is 0 Å². The van der Waals surface area contributed by atoms with E-state index < -0.39 is 0 Å². The Morgan fingerprint density at radius 1 is 1.31 bits per heavy atom. The van der Waals surface area contributed by atoms with E-state index in [1.165, 1.54) is 5.56 Å². The molecule has 16 heavy (non-hydrogen) atoms. The Hall–Kier alpha value is -0.870. The van der Waals surface area contributed by atoms with E-state index in [1.807, 2.05) is 28.6 Å². The fourth-order valence-electron chi connectivity index (χ4n) is 1.41. The van der Waals surface area contributed by atoms with Crippen LogP contribution in [0.25, 0.3) is 0 Å². The Bertz CT molecular complexity index is 400. The number of thiol groups is 1. The molecule has 1 unspecified atom stereocenters. The van der Waals surface area contributed by atoms with E-state index >= 15 is 0 Å². The molecule has 1 aromatic heterocycles. The quantitative estimate of drug-likeness (QED) is 0.648. The average molecular weight is 250 g/mol. The van der Waals surface area contributed by atoms with Crippen LogP contribution in [0.3, 0.4) is 0 Å². The van der Waals surface area contributed by atoms with Crippen LogP contribution in [-0.4, -0.2) is 15.3 Å². The van der Waals surface area contributed by atoms with E-state index in [2.05, 4.69) is 41.9 Å². The van der Waals surface area contributed by atoms with Crippen LogP contribution < -0.4 is 0 Å². The van der Waals surface area contributed by atoms with E-state index in [-0.39, 0.29) is 4.71 Å². The summed E-state index contributed by atoms with van der Waals surface area (Å²) in [5.41, 5.74) is 1.38. The highest BCUT2D eigenvalue weighted by atomic mass is 32.2. The standard InChI is InChI=1S/C12H14N2S2/c15-12(14-8-7-13-10-14)16-9-6-11-4-2-1-3-5-11/h1-5,7-8,10,12,15H,6,9H2. The molecule has 0 radical (unpaired) electrons. The second-order valence-corrected chi connectivity index (χ2v) is 5.47. The van der Waals surface area contributed by atoms with Gasteiger partial charge in [0, 0.05) is 18.1 Å². The van der Waals surface area contributed by atoms with Gasteiger partial charge in [-0.25, -0.2) is 4.98 Å². The van der Waals surface area contributed by atoms with Crippen molar-refractivity contribution in [1.82, 2.24) is 9.55 Å². The first-order chi connectivity index (χ1) is 7.86. The van der Waals surface area contributed by atoms with Gasteiger partial charge in [-0.05, 0) is 12.0 Å². The van der Waals surface area contributed by atoms with Crippen LogP contribution in [0.4, 0.5) is 0 Å². The van der Waals surface area contributed by atoms with Crippen LogP contribution in [0.1, 0.15) is 10.3 Å². The van der Waals surface area contributed by atoms with E-state index in [0.29, 0.717) is 0 Å². The fraction of sp³-hybridized carbons (Fsp3) is 0.250. The highest BCUT2D eigenvalue weighted by Crippen LogP contribution is 2.26. The first-order valence-corrected chi connectivity index (χ1v) is 6.74. The number of imidazole rings is 1.